The molecule has 1 aliphatic heterocycles. The Kier molecular flexibility index (Phi) is 5.70. The van der Waals surface area contributed by atoms with Gasteiger partial charge in [-0.05, 0) is 50.1 Å². The lowest BCUT2D eigenvalue weighted by atomic mass is 10.0. The number of hydrogen-bond donors (Lipinski definition) is 1. The molecular formula is C19H22F2N2O2S. The molecule has 1 heterocycles. The number of halogens is 2. The highest BCUT2D eigenvalue weighted by atomic mass is 32.2. The van der Waals surface area contributed by atoms with Crippen molar-refractivity contribution < 1.29 is 17.2 Å². The van der Waals surface area contributed by atoms with Crippen molar-refractivity contribution in [1.82, 2.24) is 9.62 Å². The SMILES string of the molecule is CC(c1ccccc1F)N1CCC(NS(=O)(=O)c2ccc(F)cc2)CC1. The van der Waals surface area contributed by atoms with E-state index in [1.165, 1.54) is 18.2 Å². The Morgan fingerprint density at radius 2 is 1.65 bits per heavy atom. The summed E-state index contributed by atoms with van der Waals surface area (Å²) in [5.74, 6) is -0.696. The van der Waals surface area contributed by atoms with E-state index in [1.54, 1.807) is 12.1 Å². The standard InChI is InChI=1S/C19H22F2N2O2S/c1-14(18-4-2-3-5-19(18)21)23-12-10-16(11-13-23)22-26(24,25)17-8-6-15(20)7-9-17/h2-9,14,16,22H,10-13H2,1H3. The zero-order chi connectivity index (χ0) is 18.7. The molecule has 0 aromatic heterocycles. The second kappa shape index (κ2) is 7.82. The van der Waals surface area contributed by atoms with Gasteiger partial charge < -0.3 is 0 Å². The number of hydrogen-bond acceptors (Lipinski definition) is 3. The maximum Gasteiger partial charge on any atom is 0.240 e. The minimum Gasteiger partial charge on any atom is -0.296 e. The average molecular weight is 380 g/mol. The number of nitrogens with one attached hydrogen (secondary N) is 1. The summed E-state index contributed by atoms with van der Waals surface area (Å²) in [5.41, 5.74) is 0.651. The van der Waals surface area contributed by atoms with Crippen molar-refractivity contribution in [2.24, 2.45) is 0 Å². The van der Waals surface area contributed by atoms with E-state index in [0.717, 1.165) is 12.1 Å². The number of nitrogens with zero attached hydrogens (tertiary/aromatic N) is 1. The average Bonchev–Trinajstić information content (AvgIpc) is 2.62. The fraction of sp³-hybridized carbons (Fsp3) is 0.368. The van der Waals surface area contributed by atoms with Crippen LogP contribution in [-0.4, -0.2) is 32.4 Å². The minimum absolute atomic E-state index is 0.0565. The van der Waals surface area contributed by atoms with Crippen LogP contribution in [0.1, 0.15) is 31.4 Å². The van der Waals surface area contributed by atoms with Crippen molar-refractivity contribution in [2.75, 3.05) is 13.1 Å². The molecule has 0 amide bonds. The van der Waals surface area contributed by atoms with Crippen LogP contribution in [0.2, 0.25) is 0 Å². The van der Waals surface area contributed by atoms with Gasteiger partial charge in [0.05, 0.1) is 4.90 Å². The van der Waals surface area contributed by atoms with E-state index in [4.69, 9.17) is 0 Å². The zero-order valence-electron chi connectivity index (χ0n) is 14.5. The molecule has 2 aromatic carbocycles. The molecule has 0 aliphatic carbocycles. The lowest BCUT2D eigenvalue weighted by molar-refractivity contribution is 0.157. The molecule has 1 unspecified atom stereocenters. The van der Waals surface area contributed by atoms with E-state index < -0.39 is 15.8 Å². The summed E-state index contributed by atoms with van der Waals surface area (Å²) in [6, 6.07) is 11.2. The van der Waals surface area contributed by atoms with Crippen LogP contribution in [0, 0.1) is 11.6 Å². The summed E-state index contributed by atoms with van der Waals surface area (Å²) in [4.78, 5) is 2.21. The van der Waals surface area contributed by atoms with Crippen LogP contribution < -0.4 is 4.72 Å². The van der Waals surface area contributed by atoms with E-state index in [1.807, 2.05) is 13.0 Å². The monoisotopic (exact) mass is 380 g/mol. The van der Waals surface area contributed by atoms with Gasteiger partial charge in [0.1, 0.15) is 11.6 Å². The summed E-state index contributed by atoms with van der Waals surface area (Å²) >= 11 is 0. The molecule has 1 aliphatic rings. The van der Waals surface area contributed by atoms with Crippen LogP contribution in [0.3, 0.4) is 0 Å². The second-order valence-corrected chi connectivity index (χ2v) is 8.30. The fourth-order valence-corrected chi connectivity index (χ4v) is 4.62. The van der Waals surface area contributed by atoms with E-state index in [-0.39, 0.29) is 22.8 Å². The highest BCUT2D eigenvalue weighted by Gasteiger charge is 2.27. The van der Waals surface area contributed by atoms with Gasteiger partial charge in [0.15, 0.2) is 0 Å². The lowest BCUT2D eigenvalue weighted by Crippen LogP contribution is -2.45. The van der Waals surface area contributed by atoms with Crippen LogP contribution >= 0.6 is 0 Å². The molecule has 4 nitrogen and oxygen atoms in total. The van der Waals surface area contributed by atoms with Gasteiger partial charge in [0.2, 0.25) is 10.0 Å². The van der Waals surface area contributed by atoms with E-state index >= 15 is 0 Å². The molecule has 1 fully saturated rings. The van der Waals surface area contributed by atoms with Crippen molar-refractivity contribution in [3.05, 3.63) is 65.7 Å². The molecule has 26 heavy (non-hydrogen) atoms. The maximum atomic E-state index is 14.0. The summed E-state index contributed by atoms with van der Waals surface area (Å²) < 4.78 is 54.4. The zero-order valence-corrected chi connectivity index (χ0v) is 15.3. The molecule has 140 valence electrons. The predicted octanol–water partition coefficient (Wildman–Crippen LogP) is 3.47. The van der Waals surface area contributed by atoms with Gasteiger partial charge >= 0.3 is 0 Å². The Morgan fingerprint density at radius 1 is 1.04 bits per heavy atom. The van der Waals surface area contributed by atoms with Gasteiger partial charge in [-0.1, -0.05) is 18.2 Å². The number of sulfonamides is 1. The molecule has 1 atom stereocenters. The molecule has 0 spiro atoms. The molecule has 0 saturated carbocycles. The topological polar surface area (TPSA) is 49.4 Å². The third kappa shape index (κ3) is 4.28. The molecule has 1 N–H and O–H groups in total. The number of piperidine rings is 1. The summed E-state index contributed by atoms with van der Waals surface area (Å²) in [6.45, 7) is 3.31. The van der Waals surface area contributed by atoms with Crippen LogP contribution in [0.15, 0.2) is 53.4 Å². The van der Waals surface area contributed by atoms with Crippen LogP contribution in [0.25, 0.3) is 0 Å². The Bertz CT molecular complexity index is 848. The first-order valence-electron chi connectivity index (χ1n) is 8.63. The number of rotatable bonds is 5. The second-order valence-electron chi connectivity index (χ2n) is 6.58. The Balaban J connectivity index is 1.60. The van der Waals surface area contributed by atoms with Gasteiger partial charge in [-0.15, -0.1) is 0 Å². The Hall–Kier alpha value is -1.83. The van der Waals surface area contributed by atoms with Crippen molar-refractivity contribution in [3.8, 4) is 0 Å². The number of benzene rings is 2. The van der Waals surface area contributed by atoms with Crippen molar-refractivity contribution in [3.63, 3.8) is 0 Å². The maximum absolute atomic E-state index is 14.0. The highest BCUT2D eigenvalue weighted by molar-refractivity contribution is 7.89. The molecule has 0 bridgehead atoms. The predicted molar refractivity (Wildman–Crippen MR) is 96.1 cm³/mol. The number of likely N-dealkylation sites (tertiary alicyclic amines) is 1. The Morgan fingerprint density at radius 3 is 2.27 bits per heavy atom. The van der Waals surface area contributed by atoms with Gasteiger partial charge in [0.25, 0.3) is 0 Å². The van der Waals surface area contributed by atoms with Crippen LogP contribution in [-0.2, 0) is 10.0 Å². The van der Waals surface area contributed by atoms with E-state index in [2.05, 4.69) is 9.62 Å². The van der Waals surface area contributed by atoms with Gasteiger partial charge in [-0.25, -0.2) is 21.9 Å². The quantitative estimate of drug-likeness (QED) is 0.864. The van der Waals surface area contributed by atoms with Gasteiger partial charge in [-0.3, -0.25) is 4.90 Å². The third-order valence-corrected chi connectivity index (χ3v) is 6.41. The first-order chi connectivity index (χ1) is 12.4. The van der Waals surface area contributed by atoms with Crippen LogP contribution in [0.4, 0.5) is 8.78 Å². The largest absolute Gasteiger partial charge is 0.296 e. The van der Waals surface area contributed by atoms with Crippen molar-refractivity contribution >= 4 is 10.0 Å². The van der Waals surface area contributed by atoms with Gasteiger partial charge in [-0.2, -0.15) is 0 Å². The van der Waals surface area contributed by atoms with Gasteiger partial charge in [0, 0.05) is 30.7 Å². The summed E-state index contributed by atoms with van der Waals surface area (Å²) in [5, 5.41) is 0. The molecule has 3 rings (SSSR count). The van der Waals surface area contributed by atoms with Crippen LogP contribution in [0.5, 0.6) is 0 Å². The normalized spacial score (nSPS) is 18.0. The molecule has 2 aromatic rings. The first kappa shape index (κ1) is 18.9. The minimum atomic E-state index is -3.67. The fourth-order valence-electron chi connectivity index (χ4n) is 3.32. The van der Waals surface area contributed by atoms with Crippen molar-refractivity contribution in [2.45, 2.75) is 36.7 Å². The van der Waals surface area contributed by atoms with E-state index in [0.29, 0.717) is 31.5 Å². The Labute approximate surface area is 152 Å². The third-order valence-electron chi connectivity index (χ3n) is 4.88. The lowest BCUT2D eigenvalue weighted by Gasteiger charge is -2.36. The van der Waals surface area contributed by atoms with E-state index in [9.17, 15) is 17.2 Å². The molecule has 0 radical (unpaired) electrons. The first-order valence-corrected chi connectivity index (χ1v) is 10.1. The molecule has 7 heteroatoms. The highest BCUT2D eigenvalue weighted by Crippen LogP contribution is 2.26. The summed E-state index contributed by atoms with van der Waals surface area (Å²) in [7, 11) is -3.67. The molecule has 1 saturated heterocycles. The molecular weight excluding hydrogens is 358 g/mol. The van der Waals surface area contributed by atoms with Crippen molar-refractivity contribution in [1.29, 1.82) is 0 Å². The smallest absolute Gasteiger partial charge is 0.240 e. The summed E-state index contributed by atoms with van der Waals surface area (Å²) in [6.07, 6.45) is 1.28.